The van der Waals surface area contributed by atoms with Crippen molar-refractivity contribution >= 4 is 11.9 Å². The Hall–Kier alpha value is -2.02. The maximum atomic E-state index is 11.6. The van der Waals surface area contributed by atoms with Gasteiger partial charge in [-0.05, 0) is 19.1 Å². The number of rotatable bonds is 8. The van der Waals surface area contributed by atoms with Crippen LogP contribution in [-0.4, -0.2) is 51.8 Å². The lowest BCUT2D eigenvalue weighted by molar-refractivity contribution is 0.0926. The van der Waals surface area contributed by atoms with Crippen LogP contribution in [0.3, 0.4) is 0 Å². The largest absolute Gasteiger partial charge is 0.459 e. The van der Waals surface area contributed by atoms with E-state index in [1.807, 2.05) is 6.92 Å². The van der Waals surface area contributed by atoms with E-state index in [0.717, 1.165) is 6.54 Å². The summed E-state index contributed by atoms with van der Waals surface area (Å²) in [5.41, 5.74) is 0. The number of amides is 1. The van der Waals surface area contributed by atoms with Crippen LogP contribution in [0, 0.1) is 0 Å². The predicted molar refractivity (Wildman–Crippen MR) is 76.9 cm³/mol. The molecule has 7 nitrogen and oxygen atoms in total. The first-order valence-electron chi connectivity index (χ1n) is 6.60. The zero-order chi connectivity index (χ0) is 14.6. The molecular formula is C13H22N4O3. The van der Waals surface area contributed by atoms with Crippen molar-refractivity contribution in [1.82, 2.24) is 16.0 Å². The number of nitrogens with zero attached hydrogens (tertiary/aromatic N) is 1. The molecule has 1 heterocycles. The quantitative estimate of drug-likeness (QED) is 0.360. The van der Waals surface area contributed by atoms with Gasteiger partial charge in [0.15, 0.2) is 11.7 Å². The maximum absolute atomic E-state index is 11.6. The van der Waals surface area contributed by atoms with E-state index in [1.54, 1.807) is 19.2 Å². The Morgan fingerprint density at radius 1 is 1.35 bits per heavy atom. The van der Waals surface area contributed by atoms with Crippen molar-refractivity contribution < 1.29 is 13.9 Å². The number of methoxy groups -OCH3 is 1. The summed E-state index contributed by atoms with van der Waals surface area (Å²) in [6.45, 7) is 4.99. The van der Waals surface area contributed by atoms with Crippen LogP contribution in [0.25, 0.3) is 0 Å². The summed E-state index contributed by atoms with van der Waals surface area (Å²) in [7, 11) is 1.64. The molecule has 7 heteroatoms. The van der Waals surface area contributed by atoms with Gasteiger partial charge in [0.2, 0.25) is 0 Å². The van der Waals surface area contributed by atoms with E-state index < -0.39 is 0 Å². The highest BCUT2D eigenvalue weighted by Crippen LogP contribution is 1.98. The lowest BCUT2D eigenvalue weighted by atomic mass is 10.4. The second kappa shape index (κ2) is 9.85. The van der Waals surface area contributed by atoms with E-state index in [-0.39, 0.29) is 5.91 Å². The van der Waals surface area contributed by atoms with Gasteiger partial charge in [-0.25, -0.2) is 0 Å². The average Bonchev–Trinajstić information content (AvgIpc) is 2.97. The number of hydrogen-bond acceptors (Lipinski definition) is 4. The van der Waals surface area contributed by atoms with Crippen LogP contribution in [0.15, 0.2) is 27.8 Å². The standard InChI is InChI=1S/C13H22N4O3/c1-3-14-13(17-8-10-19-2)16-7-6-15-12(18)11-5-4-9-20-11/h4-5,9H,3,6-8,10H2,1-2H3,(H,15,18)(H2,14,16,17). The zero-order valence-electron chi connectivity index (χ0n) is 11.9. The summed E-state index contributed by atoms with van der Waals surface area (Å²) in [5, 5.41) is 8.97. The molecule has 0 aromatic carbocycles. The Labute approximate surface area is 118 Å². The van der Waals surface area contributed by atoms with Crippen molar-refractivity contribution in [2.24, 2.45) is 4.99 Å². The van der Waals surface area contributed by atoms with Crippen molar-refractivity contribution in [3.05, 3.63) is 24.2 Å². The molecule has 1 aromatic rings. The minimum Gasteiger partial charge on any atom is -0.459 e. The smallest absolute Gasteiger partial charge is 0.287 e. The molecule has 0 bridgehead atoms. The fraction of sp³-hybridized carbons (Fsp3) is 0.538. The summed E-state index contributed by atoms with van der Waals surface area (Å²) in [5.74, 6) is 0.792. The van der Waals surface area contributed by atoms with Crippen molar-refractivity contribution in [2.75, 3.05) is 39.9 Å². The number of carbonyl (C=O) groups excluding carboxylic acids is 1. The first-order chi connectivity index (χ1) is 9.77. The second-order valence-electron chi connectivity index (χ2n) is 3.91. The molecule has 0 atom stereocenters. The molecule has 0 aliphatic rings. The molecule has 0 saturated heterocycles. The molecule has 0 radical (unpaired) electrons. The number of hydrogen-bond donors (Lipinski definition) is 3. The highest BCUT2D eigenvalue weighted by molar-refractivity contribution is 5.91. The van der Waals surface area contributed by atoms with Crippen LogP contribution in [0.1, 0.15) is 17.5 Å². The highest BCUT2D eigenvalue weighted by Gasteiger charge is 2.06. The molecule has 20 heavy (non-hydrogen) atoms. The van der Waals surface area contributed by atoms with Crippen LogP contribution in [-0.2, 0) is 4.74 Å². The van der Waals surface area contributed by atoms with Gasteiger partial charge >= 0.3 is 0 Å². The molecule has 0 unspecified atom stereocenters. The van der Waals surface area contributed by atoms with E-state index in [4.69, 9.17) is 9.15 Å². The second-order valence-corrected chi connectivity index (χ2v) is 3.91. The Balaban J connectivity index is 2.23. The monoisotopic (exact) mass is 282 g/mol. The van der Waals surface area contributed by atoms with Gasteiger partial charge in [0, 0.05) is 26.7 Å². The third kappa shape index (κ3) is 6.24. The summed E-state index contributed by atoms with van der Waals surface area (Å²) in [6, 6.07) is 3.30. The maximum Gasteiger partial charge on any atom is 0.287 e. The third-order valence-electron chi connectivity index (χ3n) is 2.36. The van der Waals surface area contributed by atoms with Gasteiger partial charge in [-0.3, -0.25) is 9.79 Å². The van der Waals surface area contributed by atoms with Crippen molar-refractivity contribution in [3.8, 4) is 0 Å². The van der Waals surface area contributed by atoms with Gasteiger partial charge in [0.25, 0.3) is 5.91 Å². The van der Waals surface area contributed by atoms with Crippen LogP contribution in [0.2, 0.25) is 0 Å². The number of guanidine groups is 1. The number of furan rings is 1. The minimum absolute atomic E-state index is 0.224. The molecular weight excluding hydrogens is 260 g/mol. The lowest BCUT2D eigenvalue weighted by Gasteiger charge is -2.11. The Morgan fingerprint density at radius 2 is 2.15 bits per heavy atom. The SMILES string of the molecule is CCNC(=NCCOC)NCCNC(=O)c1ccco1. The van der Waals surface area contributed by atoms with Gasteiger partial charge in [-0.1, -0.05) is 0 Å². The Morgan fingerprint density at radius 3 is 2.80 bits per heavy atom. The van der Waals surface area contributed by atoms with Gasteiger partial charge in [-0.2, -0.15) is 0 Å². The predicted octanol–water partition coefficient (Wildman–Crippen LogP) is 0.211. The number of ether oxygens (including phenoxy) is 1. The molecule has 0 aliphatic carbocycles. The Kier molecular flexibility index (Phi) is 7.90. The van der Waals surface area contributed by atoms with Gasteiger partial charge in [-0.15, -0.1) is 0 Å². The first kappa shape index (κ1) is 16.0. The average molecular weight is 282 g/mol. The van der Waals surface area contributed by atoms with Crippen molar-refractivity contribution in [1.29, 1.82) is 0 Å². The van der Waals surface area contributed by atoms with Crippen molar-refractivity contribution in [3.63, 3.8) is 0 Å². The van der Waals surface area contributed by atoms with E-state index >= 15 is 0 Å². The number of nitrogens with one attached hydrogen (secondary N) is 3. The normalized spacial score (nSPS) is 11.2. The van der Waals surface area contributed by atoms with E-state index in [2.05, 4.69) is 20.9 Å². The zero-order valence-corrected chi connectivity index (χ0v) is 11.9. The summed E-state index contributed by atoms with van der Waals surface area (Å²) in [6.07, 6.45) is 1.47. The molecule has 0 aliphatic heterocycles. The van der Waals surface area contributed by atoms with E-state index in [0.29, 0.717) is 38.0 Å². The summed E-state index contributed by atoms with van der Waals surface area (Å²) >= 11 is 0. The molecule has 3 N–H and O–H groups in total. The fourth-order valence-electron chi connectivity index (χ4n) is 1.44. The molecule has 0 saturated carbocycles. The van der Waals surface area contributed by atoms with Crippen LogP contribution in [0.5, 0.6) is 0 Å². The minimum atomic E-state index is -0.224. The molecule has 1 aromatic heterocycles. The fourth-order valence-corrected chi connectivity index (χ4v) is 1.44. The third-order valence-corrected chi connectivity index (χ3v) is 2.36. The van der Waals surface area contributed by atoms with Crippen LogP contribution >= 0.6 is 0 Å². The molecule has 1 rings (SSSR count). The van der Waals surface area contributed by atoms with Crippen LogP contribution in [0.4, 0.5) is 0 Å². The molecule has 0 spiro atoms. The van der Waals surface area contributed by atoms with Gasteiger partial charge < -0.3 is 25.1 Å². The highest BCUT2D eigenvalue weighted by atomic mass is 16.5. The number of carbonyl (C=O) groups is 1. The van der Waals surface area contributed by atoms with Crippen molar-refractivity contribution in [2.45, 2.75) is 6.92 Å². The van der Waals surface area contributed by atoms with E-state index in [1.165, 1.54) is 6.26 Å². The van der Waals surface area contributed by atoms with Gasteiger partial charge in [0.1, 0.15) is 0 Å². The molecule has 112 valence electrons. The molecule has 0 fully saturated rings. The summed E-state index contributed by atoms with van der Waals surface area (Å²) in [4.78, 5) is 15.9. The lowest BCUT2D eigenvalue weighted by Crippen LogP contribution is -2.41. The first-order valence-corrected chi connectivity index (χ1v) is 6.60. The molecule has 1 amide bonds. The number of aliphatic imine (C=N–C) groups is 1. The van der Waals surface area contributed by atoms with Gasteiger partial charge in [0.05, 0.1) is 19.4 Å². The van der Waals surface area contributed by atoms with E-state index in [9.17, 15) is 4.79 Å². The van der Waals surface area contributed by atoms with Crippen LogP contribution < -0.4 is 16.0 Å². The Bertz CT molecular complexity index is 404. The summed E-state index contributed by atoms with van der Waals surface area (Å²) < 4.78 is 9.93. The topological polar surface area (TPSA) is 87.9 Å².